The van der Waals surface area contributed by atoms with E-state index < -0.39 is 12.1 Å². The molecule has 0 aliphatic heterocycles. The first-order valence-corrected chi connectivity index (χ1v) is 12.0. The van der Waals surface area contributed by atoms with Gasteiger partial charge in [0.15, 0.2) is 17.6 Å². The molecule has 0 spiro atoms. The summed E-state index contributed by atoms with van der Waals surface area (Å²) in [4.78, 5) is 29.3. The summed E-state index contributed by atoms with van der Waals surface area (Å²) in [6.07, 6.45) is 2.61. The van der Waals surface area contributed by atoms with Gasteiger partial charge in [0, 0.05) is 16.0 Å². The molecule has 184 valence electrons. The first-order valence-electron chi connectivity index (χ1n) is 11.2. The van der Waals surface area contributed by atoms with Crippen molar-refractivity contribution in [2.75, 3.05) is 6.61 Å². The first-order chi connectivity index (χ1) is 16.7. The van der Waals surface area contributed by atoms with E-state index in [4.69, 9.17) is 9.47 Å². The Morgan fingerprint density at radius 2 is 2.03 bits per heavy atom. The van der Waals surface area contributed by atoms with Crippen molar-refractivity contribution in [1.82, 2.24) is 9.66 Å². The van der Waals surface area contributed by atoms with Crippen molar-refractivity contribution in [3.8, 4) is 11.5 Å². The highest BCUT2D eigenvalue weighted by Gasteiger charge is 2.20. The minimum Gasteiger partial charge on any atom is -0.490 e. The number of aromatic nitrogens is 2. The van der Waals surface area contributed by atoms with Gasteiger partial charge in [0.25, 0.3) is 5.56 Å². The predicted molar refractivity (Wildman–Crippen MR) is 140 cm³/mol. The number of aliphatic carboxylic acids is 1. The second-order valence-electron chi connectivity index (χ2n) is 8.18. The van der Waals surface area contributed by atoms with Crippen LogP contribution in [-0.2, 0) is 11.2 Å². The average Bonchev–Trinajstić information content (AvgIpc) is 2.80. The van der Waals surface area contributed by atoms with Gasteiger partial charge in [-0.2, -0.15) is 9.78 Å². The maximum absolute atomic E-state index is 13.3. The van der Waals surface area contributed by atoms with Crippen molar-refractivity contribution in [3.05, 3.63) is 74.8 Å². The van der Waals surface area contributed by atoms with E-state index in [-0.39, 0.29) is 11.5 Å². The van der Waals surface area contributed by atoms with E-state index in [1.54, 1.807) is 30.5 Å². The molecule has 0 amide bonds. The van der Waals surface area contributed by atoms with Gasteiger partial charge in [-0.3, -0.25) is 4.79 Å². The molecule has 35 heavy (non-hydrogen) atoms. The fraction of sp³-hybridized carbons (Fsp3) is 0.308. The van der Waals surface area contributed by atoms with Crippen LogP contribution in [0.5, 0.6) is 11.5 Å². The van der Waals surface area contributed by atoms with Crippen molar-refractivity contribution in [2.45, 2.75) is 46.1 Å². The second-order valence-corrected chi connectivity index (χ2v) is 9.09. The van der Waals surface area contributed by atoms with Crippen LogP contribution in [0, 0.1) is 0 Å². The van der Waals surface area contributed by atoms with Crippen molar-refractivity contribution < 1.29 is 19.4 Å². The maximum atomic E-state index is 13.3. The summed E-state index contributed by atoms with van der Waals surface area (Å²) in [7, 11) is 0. The Morgan fingerprint density at radius 1 is 1.29 bits per heavy atom. The molecular weight excluding hydrogens is 514 g/mol. The zero-order valence-corrected chi connectivity index (χ0v) is 21.7. The zero-order chi connectivity index (χ0) is 25.7. The highest BCUT2D eigenvalue weighted by atomic mass is 79.9. The number of rotatable bonds is 10. The topological polar surface area (TPSA) is 103 Å². The smallest absolute Gasteiger partial charge is 0.344 e. The van der Waals surface area contributed by atoms with E-state index in [2.05, 4.69) is 32.6 Å². The lowest BCUT2D eigenvalue weighted by molar-refractivity contribution is -0.144. The molecule has 1 atom stereocenters. The van der Waals surface area contributed by atoms with Crippen molar-refractivity contribution in [1.29, 1.82) is 0 Å². The predicted octanol–water partition coefficient (Wildman–Crippen LogP) is 5.14. The van der Waals surface area contributed by atoms with Crippen LogP contribution in [0.4, 0.5) is 0 Å². The van der Waals surface area contributed by atoms with Gasteiger partial charge in [0.05, 0.1) is 23.7 Å². The molecule has 9 heteroatoms. The van der Waals surface area contributed by atoms with Gasteiger partial charge in [0.1, 0.15) is 5.82 Å². The molecule has 0 saturated heterocycles. The fourth-order valence-corrected chi connectivity index (χ4v) is 3.83. The summed E-state index contributed by atoms with van der Waals surface area (Å²) >= 11 is 3.41. The number of halogens is 1. The molecule has 0 aliphatic rings. The minimum absolute atomic E-state index is 0.0449. The molecule has 3 aromatic rings. The summed E-state index contributed by atoms with van der Waals surface area (Å²) in [5.74, 6) is 0.136. The standard InChI is InChI=1S/C26H28BrN3O5/c1-6-8-18-11-17(12-22(34-7-2)23(18)35-16(5)26(32)33)14-28-30-24(15(3)4)29-21-10-9-19(27)13-20(21)25(30)31/h6,9-16H,1,7-8H2,2-5H3,(H,32,33)/t16-/m1/s1. The summed E-state index contributed by atoms with van der Waals surface area (Å²) < 4.78 is 13.5. The molecule has 8 nitrogen and oxygen atoms in total. The number of carboxylic acid groups (broad SMARTS) is 1. The van der Waals surface area contributed by atoms with Gasteiger partial charge >= 0.3 is 5.97 Å². The van der Waals surface area contributed by atoms with Crippen LogP contribution in [-0.4, -0.2) is 39.7 Å². The first kappa shape index (κ1) is 26.2. The Morgan fingerprint density at radius 3 is 2.66 bits per heavy atom. The van der Waals surface area contributed by atoms with Crippen LogP contribution in [0.15, 0.2) is 57.4 Å². The summed E-state index contributed by atoms with van der Waals surface area (Å²) in [6.45, 7) is 11.3. The highest BCUT2D eigenvalue weighted by molar-refractivity contribution is 9.10. The summed E-state index contributed by atoms with van der Waals surface area (Å²) in [6, 6.07) is 8.88. The molecule has 0 fully saturated rings. The monoisotopic (exact) mass is 541 g/mol. The van der Waals surface area contributed by atoms with Crippen LogP contribution >= 0.6 is 15.9 Å². The number of benzene rings is 2. The van der Waals surface area contributed by atoms with E-state index in [1.807, 2.05) is 32.9 Å². The highest BCUT2D eigenvalue weighted by Crippen LogP contribution is 2.34. The van der Waals surface area contributed by atoms with Crippen molar-refractivity contribution in [2.24, 2.45) is 5.10 Å². The Balaban J connectivity index is 2.15. The van der Waals surface area contributed by atoms with Crippen LogP contribution in [0.25, 0.3) is 10.9 Å². The molecule has 1 aromatic heterocycles. The summed E-state index contributed by atoms with van der Waals surface area (Å²) in [5, 5.41) is 14.2. The van der Waals surface area contributed by atoms with Crippen molar-refractivity contribution >= 4 is 39.0 Å². The lowest BCUT2D eigenvalue weighted by atomic mass is 10.1. The van der Waals surface area contributed by atoms with Crippen LogP contribution in [0.1, 0.15) is 50.6 Å². The molecule has 1 heterocycles. The average molecular weight is 542 g/mol. The van der Waals surface area contributed by atoms with Gasteiger partial charge in [0.2, 0.25) is 0 Å². The molecule has 1 N–H and O–H groups in total. The molecule has 3 rings (SSSR count). The normalized spacial score (nSPS) is 12.3. The van der Waals surface area contributed by atoms with E-state index in [0.29, 0.717) is 52.4 Å². The molecule has 2 aromatic carbocycles. The van der Waals surface area contributed by atoms with Gasteiger partial charge in [-0.25, -0.2) is 9.78 Å². The Labute approximate surface area is 212 Å². The van der Waals surface area contributed by atoms with Crippen molar-refractivity contribution in [3.63, 3.8) is 0 Å². The fourth-order valence-electron chi connectivity index (χ4n) is 3.46. The second kappa shape index (κ2) is 11.3. The third-order valence-corrected chi connectivity index (χ3v) is 5.63. The van der Waals surface area contributed by atoms with Crippen LogP contribution in [0.3, 0.4) is 0 Å². The molecule has 0 unspecified atom stereocenters. The number of hydrogen-bond donors (Lipinski definition) is 1. The van der Waals surface area contributed by atoms with E-state index in [9.17, 15) is 14.7 Å². The summed E-state index contributed by atoms with van der Waals surface area (Å²) in [5.41, 5.74) is 1.67. The number of carboxylic acids is 1. The quantitative estimate of drug-likeness (QED) is 0.281. The number of carbonyl (C=O) groups is 1. The molecular formula is C26H28BrN3O5. The zero-order valence-electron chi connectivity index (χ0n) is 20.1. The Kier molecular flexibility index (Phi) is 8.45. The number of ether oxygens (including phenoxy) is 2. The lowest BCUT2D eigenvalue weighted by Gasteiger charge is -2.18. The molecule has 0 saturated carbocycles. The van der Waals surface area contributed by atoms with Gasteiger partial charge < -0.3 is 14.6 Å². The van der Waals surface area contributed by atoms with E-state index in [1.165, 1.54) is 11.6 Å². The SMILES string of the molecule is C=CCc1cc(C=Nn2c(C(C)C)nc3ccc(Br)cc3c2=O)cc(OCC)c1O[C@H](C)C(=O)O. The Bertz CT molecular complexity index is 1350. The maximum Gasteiger partial charge on any atom is 0.344 e. The van der Waals surface area contributed by atoms with E-state index >= 15 is 0 Å². The van der Waals surface area contributed by atoms with Gasteiger partial charge in [-0.05, 0) is 56.2 Å². The van der Waals surface area contributed by atoms with Gasteiger partial charge in [-0.1, -0.05) is 35.9 Å². The third-order valence-electron chi connectivity index (χ3n) is 5.13. The number of hydrogen-bond acceptors (Lipinski definition) is 6. The van der Waals surface area contributed by atoms with E-state index in [0.717, 1.165) is 4.47 Å². The number of fused-ring (bicyclic) bond motifs is 1. The third kappa shape index (κ3) is 5.97. The molecule has 0 aliphatic carbocycles. The number of allylic oxidation sites excluding steroid dienone is 1. The lowest BCUT2D eigenvalue weighted by Crippen LogP contribution is -2.24. The van der Waals surface area contributed by atoms with Gasteiger partial charge in [-0.15, -0.1) is 6.58 Å². The minimum atomic E-state index is -1.08. The molecule has 0 bridgehead atoms. The van der Waals surface area contributed by atoms with Crippen LogP contribution < -0.4 is 15.0 Å². The molecule has 0 radical (unpaired) electrons. The number of nitrogens with zero attached hydrogens (tertiary/aromatic N) is 3. The Hall–Kier alpha value is -3.46. The van der Waals surface area contributed by atoms with Crippen LogP contribution in [0.2, 0.25) is 0 Å². The largest absolute Gasteiger partial charge is 0.490 e.